The highest BCUT2D eigenvalue weighted by molar-refractivity contribution is 5.99. The summed E-state index contributed by atoms with van der Waals surface area (Å²) in [5.74, 6) is 1.03. The number of carbonyl (C=O) groups excluding carboxylic acids is 1. The van der Waals surface area contributed by atoms with Crippen molar-refractivity contribution in [2.75, 3.05) is 11.9 Å². The average molecular weight is 274 g/mol. The fourth-order valence-electron chi connectivity index (χ4n) is 1.83. The van der Waals surface area contributed by atoms with Crippen LogP contribution in [-0.2, 0) is 0 Å². The third-order valence-corrected chi connectivity index (χ3v) is 2.79. The fourth-order valence-corrected chi connectivity index (χ4v) is 1.83. The van der Waals surface area contributed by atoms with Crippen molar-refractivity contribution in [3.63, 3.8) is 0 Å². The molecule has 0 aliphatic rings. The van der Waals surface area contributed by atoms with Gasteiger partial charge in [-0.3, -0.25) is 9.78 Å². The molecule has 1 amide bonds. The molecule has 20 heavy (non-hydrogen) atoms. The quantitative estimate of drug-likeness (QED) is 0.874. The molecule has 0 aliphatic carbocycles. The number of amides is 1. The predicted molar refractivity (Wildman–Crippen MR) is 75.5 cm³/mol. The Labute approximate surface area is 117 Å². The standard InChI is InChI=1S/C14H18N4O2/c1-4-16-12-8-15-6-5-11(12)13(19)18-10(3)14-17-7-9(2)20-14/h5-8,10,16H,4H2,1-3H3,(H,18,19). The molecule has 2 heterocycles. The zero-order valence-electron chi connectivity index (χ0n) is 11.8. The van der Waals surface area contributed by atoms with Crippen LogP contribution in [0, 0.1) is 6.92 Å². The van der Waals surface area contributed by atoms with Gasteiger partial charge in [0, 0.05) is 12.7 Å². The Morgan fingerprint density at radius 2 is 2.25 bits per heavy atom. The molecule has 0 aliphatic heterocycles. The number of pyridine rings is 1. The second kappa shape index (κ2) is 6.18. The van der Waals surface area contributed by atoms with Gasteiger partial charge in [-0.15, -0.1) is 0 Å². The number of anilines is 1. The molecular weight excluding hydrogens is 256 g/mol. The Morgan fingerprint density at radius 3 is 2.90 bits per heavy atom. The molecular formula is C14H18N4O2. The van der Waals surface area contributed by atoms with Gasteiger partial charge < -0.3 is 15.1 Å². The predicted octanol–water partition coefficient (Wildman–Crippen LogP) is 2.30. The first-order valence-corrected chi connectivity index (χ1v) is 6.53. The van der Waals surface area contributed by atoms with Crippen molar-refractivity contribution < 1.29 is 9.21 Å². The van der Waals surface area contributed by atoms with Crippen molar-refractivity contribution in [3.05, 3.63) is 41.9 Å². The number of oxazole rings is 1. The van der Waals surface area contributed by atoms with Crippen molar-refractivity contribution in [1.82, 2.24) is 15.3 Å². The summed E-state index contributed by atoms with van der Waals surface area (Å²) in [6.07, 6.45) is 4.86. The number of carbonyl (C=O) groups is 1. The van der Waals surface area contributed by atoms with E-state index >= 15 is 0 Å². The normalized spacial score (nSPS) is 11.9. The van der Waals surface area contributed by atoms with Crippen LogP contribution >= 0.6 is 0 Å². The number of nitrogens with one attached hydrogen (secondary N) is 2. The van der Waals surface area contributed by atoms with Gasteiger partial charge in [0.2, 0.25) is 5.89 Å². The molecule has 2 aromatic heterocycles. The zero-order valence-corrected chi connectivity index (χ0v) is 11.8. The number of aryl methyl sites for hydroxylation is 1. The summed E-state index contributed by atoms with van der Waals surface area (Å²) in [7, 11) is 0. The molecule has 2 aromatic rings. The summed E-state index contributed by atoms with van der Waals surface area (Å²) in [5.41, 5.74) is 1.26. The van der Waals surface area contributed by atoms with E-state index in [0.717, 1.165) is 12.3 Å². The van der Waals surface area contributed by atoms with Crippen molar-refractivity contribution in [1.29, 1.82) is 0 Å². The van der Waals surface area contributed by atoms with Gasteiger partial charge in [-0.25, -0.2) is 4.98 Å². The molecule has 2 N–H and O–H groups in total. The first-order chi connectivity index (χ1) is 9.61. The maximum absolute atomic E-state index is 12.3. The summed E-state index contributed by atoms with van der Waals surface area (Å²) in [6, 6.07) is 1.39. The van der Waals surface area contributed by atoms with Gasteiger partial charge in [-0.2, -0.15) is 0 Å². The van der Waals surface area contributed by atoms with E-state index in [1.54, 1.807) is 24.7 Å². The van der Waals surface area contributed by atoms with Gasteiger partial charge >= 0.3 is 0 Å². The van der Waals surface area contributed by atoms with E-state index in [1.165, 1.54) is 0 Å². The first-order valence-electron chi connectivity index (χ1n) is 6.53. The van der Waals surface area contributed by atoms with Gasteiger partial charge in [0.25, 0.3) is 5.91 Å². The summed E-state index contributed by atoms with van der Waals surface area (Å²) in [4.78, 5) is 20.4. The number of nitrogens with zero attached hydrogens (tertiary/aromatic N) is 2. The number of hydrogen-bond donors (Lipinski definition) is 2. The second-order valence-electron chi connectivity index (χ2n) is 4.46. The van der Waals surface area contributed by atoms with E-state index in [9.17, 15) is 4.79 Å². The topological polar surface area (TPSA) is 80.0 Å². The van der Waals surface area contributed by atoms with Crippen LogP contribution in [0.25, 0.3) is 0 Å². The molecule has 0 fully saturated rings. The van der Waals surface area contributed by atoms with Crippen LogP contribution in [0.1, 0.15) is 41.9 Å². The smallest absolute Gasteiger partial charge is 0.254 e. The summed E-state index contributed by atoms with van der Waals surface area (Å²) in [6.45, 7) is 6.34. The molecule has 0 saturated heterocycles. The molecule has 2 rings (SSSR count). The minimum absolute atomic E-state index is 0.188. The lowest BCUT2D eigenvalue weighted by molar-refractivity contribution is 0.0934. The van der Waals surface area contributed by atoms with E-state index in [1.807, 2.05) is 20.8 Å². The zero-order chi connectivity index (χ0) is 14.5. The summed E-state index contributed by atoms with van der Waals surface area (Å²) in [5, 5.41) is 5.97. The van der Waals surface area contributed by atoms with Crippen molar-refractivity contribution in [3.8, 4) is 0 Å². The lowest BCUT2D eigenvalue weighted by Gasteiger charge is -2.13. The van der Waals surface area contributed by atoms with Crippen LogP contribution in [0.2, 0.25) is 0 Å². The van der Waals surface area contributed by atoms with Crippen LogP contribution in [0.4, 0.5) is 5.69 Å². The maximum atomic E-state index is 12.3. The lowest BCUT2D eigenvalue weighted by atomic mass is 10.2. The molecule has 0 radical (unpaired) electrons. The molecule has 6 nitrogen and oxygen atoms in total. The fraction of sp³-hybridized carbons (Fsp3) is 0.357. The van der Waals surface area contributed by atoms with Crippen molar-refractivity contribution in [2.24, 2.45) is 0 Å². The van der Waals surface area contributed by atoms with Crippen molar-refractivity contribution >= 4 is 11.6 Å². The van der Waals surface area contributed by atoms with E-state index in [-0.39, 0.29) is 11.9 Å². The van der Waals surface area contributed by atoms with Crippen molar-refractivity contribution in [2.45, 2.75) is 26.8 Å². The Bertz CT molecular complexity index is 594. The Balaban J connectivity index is 2.12. The number of rotatable bonds is 5. The number of hydrogen-bond acceptors (Lipinski definition) is 5. The Morgan fingerprint density at radius 1 is 1.45 bits per heavy atom. The van der Waals surface area contributed by atoms with Gasteiger partial charge in [0.1, 0.15) is 11.8 Å². The van der Waals surface area contributed by atoms with Crippen LogP contribution < -0.4 is 10.6 Å². The molecule has 1 atom stereocenters. The molecule has 0 saturated carbocycles. The van der Waals surface area contributed by atoms with Gasteiger partial charge in [-0.05, 0) is 26.8 Å². The maximum Gasteiger partial charge on any atom is 0.254 e. The van der Waals surface area contributed by atoms with Crippen LogP contribution in [-0.4, -0.2) is 22.4 Å². The Kier molecular flexibility index (Phi) is 4.34. The minimum atomic E-state index is -0.293. The molecule has 0 spiro atoms. The highest BCUT2D eigenvalue weighted by Crippen LogP contribution is 2.16. The minimum Gasteiger partial charge on any atom is -0.444 e. The highest BCUT2D eigenvalue weighted by Gasteiger charge is 2.17. The third kappa shape index (κ3) is 3.14. The number of aromatic nitrogens is 2. The van der Waals surface area contributed by atoms with Crippen LogP contribution in [0.15, 0.2) is 29.1 Å². The highest BCUT2D eigenvalue weighted by atomic mass is 16.4. The van der Waals surface area contributed by atoms with Gasteiger partial charge in [0.15, 0.2) is 0 Å². The van der Waals surface area contributed by atoms with Gasteiger partial charge in [0.05, 0.1) is 23.6 Å². The van der Waals surface area contributed by atoms with E-state index in [2.05, 4.69) is 20.6 Å². The van der Waals surface area contributed by atoms with E-state index in [0.29, 0.717) is 17.1 Å². The SMILES string of the molecule is CCNc1cnccc1C(=O)NC(C)c1ncc(C)o1. The van der Waals surface area contributed by atoms with E-state index < -0.39 is 0 Å². The molecule has 0 aromatic carbocycles. The summed E-state index contributed by atoms with van der Waals surface area (Å²) < 4.78 is 5.41. The first kappa shape index (κ1) is 14.0. The van der Waals surface area contributed by atoms with Crippen LogP contribution in [0.5, 0.6) is 0 Å². The Hall–Kier alpha value is -2.37. The average Bonchev–Trinajstić information content (AvgIpc) is 2.86. The van der Waals surface area contributed by atoms with Crippen LogP contribution in [0.3, 0.4) is 0 Å². The second-order valence-corrected chi connectivity index (χ2v) is 4.46. The van der Waals surface area contributed by atoms with Gasteiger partial charge in [-0.1, -0.05) is 0 Å². The molecule has 6 heteroatoms. The van der Waals surface area contributed by atoms with E-state index in [4.69, 9.17) is 4.42 Å². The largest absolute Gasteiger partial charge is 0.444 e. The summed E-state index contributed by atoms with van der Waals surface area (Å²) >= 11 is 0. The third-order valence-electron chi connectivity index (χ3n) is 2.79. The molecule has 106 valence electrons. The lowest BCUT2D eigenvalue weighted by Crippen LogP contribution is -2.27. The molecule has 1 unspecified atom stereocenters. The molecule has 0 bridgehead atoms. The monoisotopic (exact) mass is 274 g/mol.